The molecular formula is C32H33N5O5S. The minimum Gasteiger partial charge on any atom is -0.461 e. The summed E-state index contributed by atoms with van der Waals surface area (Å²) in [4.78, 5) is 43.1. The fraction of sp³-hybridized carbons (Fsp3) is 0.375. The maximum absolute atomic E-state index is 14.0. The van der Waals surface area contributed by atoms with E-state index in [4.69, 9.17) is 9.47 Å². The summed E-state index contributed by atoms with van der Waals surface area (Å²) in [5.74, 6) is 0.156. The molecule has 1 amide bonds. The molecule has 1 aliphatic carbocycles. The summed E-state index contributed by atoms with van der Waals surface area (Å²) in [6.07, 6.45) is 7.02. The first-order valence-electron chi connectivity index (χ1n) is 14.7. The Hall–Kier alpha value is -4.22. The second kappa shape index (κ2) is 11.1. The topological polar surface area (TPSA) is 108 Å². The van der Waals surface area contributed by atoms with Gasteiger partial charge >= 0.3 is 5.97 Å². The number of carbonyl (C=O) groups is 2. The summed E-state index contributed by atoms with van der Waals surface area (Å²) in [5, 5.41) is 7.79. The number of thiophene rings is 1. The highest BCUT2D eigenvalue weighted by Crippen LogP contribution is 2.40. The van der Waals surface area contributed by atoms with E-state index in [1.807, 2.05) is 33.8 Å². The number of hydrogen-bond donors (Lipinski definition) is 1. The summed E-state index contributed by atoms with van der Waals surface area (Å²) in [7, 11) is 1.70. The Morgan fingerprint density at radius 2 is 1.98 bits per heavy atom. The number of ether oxygens (including phenoxy) is 2. The van der Waals surface area contributed by atoms with E-state index in [1.54, 1.807) is 30.6 Å². The van der Waals surface area contributed by atoms with Crippen molar-refractivity contribution in [3.63, 3.8) is 0 Å². The molecule has 0 unspecified atom stereocenters. The quantitative estimate of drug-likeness (QED) is 0.320. The van der Waals surface area contributed by atoms with Crippen LogP contribution in [0.5, 0.6) is 0 Å². The Morgan fingerprint density at radius 3 is 2.81 bits per heavy atom. The highest BCUT2D eigenvalue weighted by atomic mass is 32.1. The zero-order valence-corrected chi connectivity index (χ0v) is 25.1. The van der Waals surface area contributed by atoms with Gasteiger partial charge < -0.3 is 24.3 Å². The van der Waals surface area contributed by atoms with Crippen LogP contribution in [0.1, 0.15) is 56.7 Å². The molecule has 0 spiro atoms. The third kappa shape index (κ3) is 5.06. The van der Waals surface area contributed by atoms with Crippen LogP contribution in [-0.4, -0.2) is 39.4 Å². The van der Waals surface area contributed by atoms with Gasteiger partial charge in [0.05, 0.1) is 36.0 Å². The number of rotatable bonds is 6. The SMILES string of the molecule is CC(=O)OCc1c(-c2cc(Nc3cc4n(n3)CCOC4)c(=O)n(C)c2)cccc1N1CCc2c(sc3c2CCCC3)C1=O. The van der Waals surface area contributed by atoms with E-state index in [-0.39, 0.29) is 18.1 Å². The first-order chi connectivity index (χ1) is 20.9. The van der Waals surface area contributed by atoms with Gasteiger partial charge in [0.2, 0.25) is 0 Å². The smallest absolute Gasteiger partial charge is 0.302 e. The molecule has 3 aromatic heterocycles. The summed E-state index contributed by atoms with van der Waals surface area (Å²) in [5.41, 5.74) is 6.67. The predicted molar refractivity (Wildman–Crippen MR) is 164 cm³/mol. The van der Waals surface area contributed by atoms with Crippen LogP contribution in [0.4, 0.5) is 17.2 Å². The highest BCUT2D eigenvalue weighted by molar-refractivity contribution is 7.14. The first-order valence-corrected chi connectivity index (χ1v) is 15.5. The fourth-order valence-electron chi connectivity index (χ4n) is 6.41. The number of carbonyl (C=O) groups excluding carboxylic acids is 2. The Morgan fingerprint density at radius 1 is 1.12 bits per heavy atom. The van der Waals surface area contributed by atoms with Crippen molar-refractivity contribution in [3.8, 4) is 11.1 Å². The van der Waals surface area contributed by atoms with E-state index >= 15 is 0 Å². The van der Waals surface area contributed by atoms with Crippen molar-refractivity contribution in [3.05, 3.63) is 79.0 Å². The molecule has 3 aliphatic rings. The third-order valence-corrected chi connectivity index (χ3v) is 9.81. The zero-order chi connectivity index (χ0) is 29.7. The van der Waals surface area contributed by atoms with E-state index in [2.05, 4.69) is 10.4 Å². The van der Waals surface area contributed by atoms with Crippen LogP contribution in [0, 0.1) is 0 Å². The molecule has 2 aliphatic heterocycles. The lowest BCUT2D eigenvalue weighted by molar-refractivity contribution is -0.142. The van der Waals surface area contributed by atoms with E-state index in [0.29, 0.717) is 43.5 Å². The van der Waals surface area contributed by atoms with Crippen LogP contribution in [0.2, 0.25) is 0 Å². The molecule has 1 N–H and O–H groups in total. The van der Waals surface area contributed by atoms with Gasteiger partial charge in [-0.2, -0.15) is 5.10 Å². The summed E-state index contributed by atoms with van der Waals surface area (Å²) >= 11 is 1.65. The van der Waals surface area contributed by atoms with Gasteiger partial charge in [-0.05, 0) is 60.9 Å². The number of aromatic nitrogens is 3. The molecule has 1 aromatic carbocycles. The molecule has 11 heteroatoms. The molecule has 4 aromatic rings. The van der Waals surface area contributed by atoms with Gasteiger partial charge in [0, 0.05) is 48.8 Å². The highest BCUT2D eigenvalue weighted by Gasteiger charge is 2.33. The Balaban J connectivity index is 1.28. The van der Waals surface area contributed by atoms with Crippen LogP contribution < -0.4 is 15.8 Å². The number of amides is 1. The number of fused-ring (bicyclic) bond motifs is 4. The van der Waals surface area contributed by atoms with Crippen molar-refractivity contribution >= 4 is 40.4 Å². The molecule has 10 nitrogen and oxygen atoms in total. The van der Waals surface area contributed by atoms with Crippen molar-refractivity contribution in [2.45, 2.75) is 58.8 Å². The minimum atomic E-state index is -0.408. The van der Waals surface area contributed by atoms with Gasteiger partial charge in [0.1, 0.15) is 12.3 Å². The molecule has 0 fully saturated rings. The lowest BCUT2D eigenvalue weighted by Gasteiger charge is -2.30. The molecule has 0 radical (unpaired) electrons. The van der Waals surface area contributed by atoms with E-state index in [1.165, 1.54) is 40.3 Å². The van der Waals surface area contributed by atoms with Gasteiger partial charge in [0.15, 0.2) is 5.82 Å². The lowest BCUT2D eigenvalue weighted by atomic mass is 9.91. The molecule has 222 valence electrons. The van der Waals surface area contributed by atoms with Crippen molar-refractivity contribution < 1.29 is 19.1 Å². The molecule has 0 bridgehead atoms. The van der Waals surface area contributed by atoms with Gasteiger partial charge in [-0.25, -0.2) is 0 Å². The minimum absolute atomic E-state index is 0.00220. The van der Waals surface area contributed by atoms with Gasteiger partial charge in [-0.3, -0.25) is 19.1 Å². The van der Waals surface area contributed by atoms with E-state index < -0.39 is 5.97 Å². The van der Waals surface area contributed by atoms with Gasteiger partial charge in [-0.15, -0.1) is 11.3 Å². The average Bonchev–Trinajstić information content (AvgIpc) is 3.60. The fourth-order valence-corrected chi connectivity index (χ4v) is 7.80. The summed E-state index contributed by atoms with van der Waals surface area (Å²) < 4.78 is 14.5. The largest absolute Gasteiger partial charge is 0.461 e. The van der Waals surface area contributed by atoms with Crippen molar-refractivity contribution in [1.29, 1.82) is 0 Å². The number of aryl methyl sites for hydroxylation is 2. The van der Waals surface area contributed by atoms with Crippen LogP contribution in [0.15, 0.2) is 41.3 Å². The number of nitrogens with zero attached hydrogens (tertiary/aromatic N) is 4. The molecule has 43 heavy (non-hydrogen) atoms. The third-order valence-electron chi connectivity index (χ3n) is 8.49. The first kappa shape index (κ1) is 27.6. The molecule has 0 saturated carbocycles. The van der Waals surface area contributed by atoms with E-state index in [9.17, 15) is 14.4 Å². The van der Waals surface area contributed by atoms with Gasteiger partial charge in [-0.1, -0.05) is 12.1 Å². The Kier molecular flexibility index (Phi) is 7.14. The maximum atomic E-state index is 14.0. The number of pyridine rings is 1. The zero-order valence-electron chi connectivity index (χ0n) is 24.3. The Bertz CT molecular complexity index is 1800. The lowest BCUT2D eigenvalue weighted by Crippen LogP contribution is -2.37. The number of benzene rings is 1. The normalized spacial score (nSPS) is 16.0. The molecule has 5 heterocycles. The van der Waals surface area contributed by atoms with Crippen LogP contribution in [0.3, 0.4) is 0 Å². The predicted octanol–water partition coefficient (Wildman–Crippen LogP) is 4.73. The standard InChI is InChI=1S/C32H33N5O5S/c1-19(38)42-18-25-22(20-14-26(31(39)35(2)16-20)33-29-15-21-17-41-13-12-37(21)34-29)7-5-8-27(25)36-11-10-24-23-6-3-4-9-28(23)43-30(24)32(36)40/h5,7-8,14-16H,3-4,6,9-13,17-18H2,1-2H3,(H,33,34). The van der Waals surface area contributed by atoms with Crippen molar-refractivity contribution in [2.24, 2.45) is 7.05 Å². The molecule has 7 rings (SSSR count). The average molecular weight is 600 g/mol. The monoisotopic (exact) mass is 599 g/mol. The number of esters is 1. The number of anilines is 3. The van der Waals surface area contributed by atoms with Crippen molar-refractivity contribution in [2.75, 3.05) is 23.4 Å². The number of nitrogens with one attached hydrogen (secondary N) is 1. The Labute approximate surface area is 252 Å². The second-order valence-corrected chi connectivity index (χ2v) is 12.4. The molecular weight excluding hydrogens is 566 g/mol. The van der Waals surface area contributed by atoms with E-state index in [0.717, 1.165) is 46.5 Å². The number of hydrogen-bond acceptors (Lipinski definition) is 8. The molecule has 0 saturated heterocycles. The van der Waals surface area contributed by atoms with Gasteiger partial charge in [0.25, 0.3) is 11.5 Å². The maximum Gasteiger partial charge on any atom is 0.302 e. The van der Waals surface area contributed by atoms with Crippen LogP contribution in [0.25, 0.3) is 11.1 Å². The summed E-state index contributed by atoms with van der Waals surface area (Å²) in [6.45, 7) is 3.66. The van der Waals surface area contributed by atoms with Crippen LogP contribution >= 0.6 is 11.3 Å². The summed E-state index contributed by atoms with van der Waals surface area (Å²) in [6, 6.07) is 9.43. The van der Waals surface area contributed by atoms with Crippen LogP contribution in [-0.2, 0) is 60.3 Å². The van der Waals surface area contributed by atoms with Crippen molar-refractivity contribution in [1.82, 2.24) is 14.3 Å². The molecule has 0 atom stereocenters. The second-order valence-electron chi connectivity index (χ2n) is 11.3.